The number of thiazole rings is 2. The molecule has 5 nitrogen and oxygen atoms in total. The quantitative estimate of drug-likeness (QED) is 0.719. The van der Waals surface area contributed by atoms with Crippen LogP contribution in [0, 0.1) is 6.92 Å². The van der Waals surface area contributed by atoms with Crippen LogP contribution in [0.5, 0.6) is 5.75 Å². The number of halogens is 1. The fraction of sp³-hybridized carbons (Fsp3) is 0.143. The molecule has 0 saturated carbocycles. The van der Waals surface area contributed by atoms with Crippen molar-refractivity contribution in [2.45, 2.75) is 6.92 Å². The minimum atomic E-state index is 0.548. The predicted octanol–water partition coefficient (Wildman–Crippen LogP) is 4.56. The molecule has 0 aliphatic heterocycles. The Labute approximate surface area is 140 Å². The number of nitrogens with one attached hydrogen (secondary N) is 1. The van der Waals surface area contributed by atoms with E-state index in [9.17, 15) is 0 Å². The molecule has 0 aliphatic carbocycles. The highest BCUT2D eigenvalue weighted by Crippen LogP contribution is 2.37. The molecule has 0 aliphatic rings. The summed E-state index contributed by atoms with van der Waals surface area (Å²) < 4.78 is 5.32. The van der Waals surface area contributed by atoms with Gasteiger partial charge < -0.3 is 15.8 Å². The molecule has 1 aromatic carbocycles. The number of hydrogen-bond acceptors (Lipinski definition) is 7. The average molecular weight is 353 g/mol. The monoisotopic (exact) mass is 352 g/mol. The Balaban J connectivity index is 1.89. The van der Waals surface area contributed by atoms with Gasteiger partial charge in [0.1, 0.15) is 0 Å². The third-order valence-electron chi connectivity index (χ3n) is 2.96. The number of ether oxygens (including phenoxy) is 1. The number of nitrogens with two attached hydrogens (primary N) is 1. The Kier molecular flexibility index (Phi) is 4.19. The first kappa shape index (κ1) is 15.1. The van der Waals surface area contributed by atoms with E-state index in [0.29, 0.717) is 15.9 Å². The topological polar surface area (TPSA) is 73.1 Å². The van der Waals surface area contributed by atoms with Gasteiger partial charge in [-0.15, -0.1) is 11.3 Å². The largest absolute Gasteiger partial charge is 0.493 e. The van der Waals surface area contributed by atoms with E-state index >= 15 is 0 Å². The van der Waals surface area contributed by atoms with Crippen LogP contribution in [-0.2, 0) is 0 Å². The maximum absolute atomic E-state index is 6.12. The summed E-state index contributed by atoms with van der Waals surface area (Å²) in [6.45, 7) is 1.93. The fourth-order valence-corrected chi connectivity index (χ4v) is 3.85. The number of rotatable bonds is 4. The molecule has 0 atom stereocenters. The molecule has 0 bridgehead atoms. The SMILES string of the molecule is COc1c(Cl)cccc1Nc1nc(-c2sc(N)nc2C)cs1. The lowest BCUT2D eigenvalue weighted by atomic mass is 10.3. The molecule has 8 heteroatoms. The number of methoxy groups -OCH3 is 1. The van der Waals surface area contributed by atoms with Crippen molar-refractivity contribution in [2.75, 3.05) is 18.2 Å². The van der Waals surface area contributed by atoms with Crippen LogP contribution in [0.15, 0.2) is 23.6 Å². The van der Waals surface area contributed by atoms with E-state index in [1.807, 2.05) is 24.4 Å². The molecule has 0 saturated heterocycles. The Morgan fingerprint density at radius 1 is 1.32 bits per heavy atom. The van der Waals surface area contributed by atoms with Crippen LogP contribution in [0.3, 0.4) is 0 Å². The van der Waals surface area contributed by atoms with Crippen LogP contribution < -0.4 is 15.8 Å². The molecule has 2 heterocycles. The number of nitrogen functional groups attached to an aromatic ring is 1. The summed E-state index contributed by atoms with van der Waals surface area (Å²) in [5.74, 6) is 0.596. The first-order valence-corrected chi connectivity index (χ1v) is 8.44. The van der Waals surface area contributed by atoms with E-state index in [1.54, 1.807) is 13.2 Å². The van der Waals surface area contributed by atoms with Crippen LogP contribution in [-0.4, -0.2) is 17.1 Å². The molecule has 22 heavy (non-hydrogen) atoms. The first-order chi connectivity index (χ1) is 10.6. The van der Waals surface area contributed by atoms with Crippen molar-refractivity contribution >= 4 is 50.2 Å². The van der Waals surface area contributed by atoms with Crippen molar-refractivity contribution in [1.82, 2.24) is 9.97 Å². The zero-order chi connectivity index (χ0) is 15.7. The molecule has 3 rings (SSSR count). The number of hydrogen-bond donors (Lipinski definition) is 2. The van der Waals surface area contributed by atoms with Crippen molar-refractivity contribution < 1.29 is 4.74 Å². The summed E-state index contributed by atoms with van der Waals surface area (Å²) in [6, 6.07) is 5.53. The zero-order valence-corrected chi connectivity index (χ0v) is 14.3. The van der Waals surface area contributed by atoms with E-state index in [-0.39, 0.29) is 0 Å². The first-order valence-electron chi connectivity index (χ1n) is 6.37. The van der Waals surface area contributed by atoms with E-state index in [0.717, 1.165) is 27.1 Å². The van der Waals surface area contributed by atoms with Crippen molar-refractivity contribution in [3.63, 3.8) is 0 Å². The van der Waals surface area contributed by atoms with Gasteiger partial charge in [0.25, 0.3) is 0 Å². The Bertz CT molecular complexity index is 815. The van der Waals surface area contributed by atoms with Gasteiger partial charge in [-0.3, -0.25) is 0 Å². The van der Waals surface area contributed by atoms with Gasteiger partial charge in [-0.05, 0) is 19.1 Å². The number of para-hydroxylation sites is 1. The van der Waals surface area contributed by atoms with E-state index in [4.69, 9.17) is 22.1 Å². The van der Waals surface area contributed by atoms with Crippen LogP contribution >= 0.6 is 34.3 Å². The summed E-state index contributed by atoms with van der Waals surface area (Å²) in [5.41, 5.74) is 8.26. The van der Waals surface area contributed by atoms with Gasteiger partial charge >= 0.3 is 0 Å². The van der Waals surface area contributed by atoms with Crippen molar-refractivity contribution in [2.24, 2.45) is 0 Å². The smallest absolute Gasteiger partial charge is 0.187 e. The van der Waals surface area contributed by atoms with Gasteiger partial charge in [0, 0.05) is 5.38 Å². The standard InChI is InChI=1S/C14H13ClN4OS2/c1-7-12(22-13(16)17-7)10-6-21-14(19-10)18-9-5-3-4-8(15)11(9)20-2/h3-6H,1-2H3,(H2,16,17)(H,18,19). The van der Waals surface area contributed by atoms with Crippen molar-refractivity contribution in [3.8, 4) is 16.3 Å². The number of anilines is 3. The second kappa shape index (κ2) is 6.12. The van der Waals surface area contributed by atoms with Crippen LogP contribution in [0.25, 0.3) is 10.6 Å². The van der Waals surface area contributed by atoms with Gasteiger partial charge in [0.15, 0.2) is 16.0 Å². The summed E-state index contributed by atoms with van der Waals surface area (Å²) in [5, 5.41) is 7.05. The van der Waals surface area contributed by atoms with Crippen molar-refractivity contribution in [1.29, 1.82) is 0 Å². The Morgan fingerprint density at radius 3 is 2.82 bits per heavy atom. The third-order valence-corrected chi connectivity index (χ3v) is 5.03. The highest BCUT2D eigenvalue weighted by molar-refractivity contribution is 7.19. The van der Waals surface area contributed by atoms with Gasteiger partial charge in [-0.25, -0.2) is 9.97 Å². The molecule has 0 spiro atoms. The van der Waals surface area contributed by atoms with Gasteiger partial charge in [0.05, 0.1) is 34.1 Å². The molecule has 2 aromatic heterocycles. The van der Waals surface area contributed by atoms with Gasteiger partial charge in [-0.2, -0.15) is 0 Å². The normalized spacial score (nSPS) is 10.7. The minimum absolute atomic E-state index is 0.548. The maximum Gasteiger partial charge on any atom is 0.187 e. The molecular formula is C14H13ClN4OS2. The highest BCUT2D eigenvalue weighted by Gasteiger charge is 2.13. The number of aryl methyl sites for hydroxylation is 1. The zero-order valence-electron chi connectivity index (χ0n) is 11.9. The summed E-state index contributed by atoms with van der Waals surface area (Å²) in [4.78, 5) is 9.79. The second-order valence-corrected chi connectivity index (χ2v) is 6.75. The van der Waals surface area contributed by atoms with E-state index in [2.05, 4.69) is 15.3 Å². The van der Waals surface area contributed by atoms with Gasteiger partial charge in [0.2, 0.25) is 0 Å². The molecule has 0 unspecified atom stereocenters. The minimum Gasteiger partial charge on any atom is -0.493 e. The Morgan fingerprint density at radius 2 is 2.14 bits per heavy atom. The third kappa shape index (κ3) is 2.87. The fourth-order valence-electron chi connectivity index (χ4n) is 2.02. The summed E-state index contributed by atoms with van der Waals surface area (Å²) in [7, 11) is 1.59. The lowest BCUT2D eigenvalue weighted by Crippen LogP contribution is -1.94. The van der Waals surface area contributed by atoms with Crippen molar-refractivity contribution in [3.05, 3.63) is 34.3 Å². The highest BCUT2D eigenvalue weighted by atomic mass is 35.5. The summed E-state index contributed by atoms with van der Waals surface area (Å²) in [6.07, 6.45) is 0. The second-order valence-electron chi connectivity index (χ2n) is 4.45. The molecule has 3 N–H and O–H groups in total. The van der Waals surface area contributed by atoms with Gasteiger partial charge in [-0.1, -0.05) is 29.0 Å². The molecule has 114 valence electrons. The van der Waals surface area contributed by atoms with E-state index in [1.165, 1.54) is 22.7 Å². The summed E-state index contributed by atoms with van der Waals surface area (Å²) >= 11 is 9.05. The maximum atomic E-state index is 6.12. The average Bonchev–Trinajstić information content (AvgIpc) is 3.05. The Hall–Kier alpha value is -1.83. The number of aromatic nitrogens is 2. The van der Waals surface area contributed by atoms with Crippen LogP contribution in [0.1, 0.15) is 5.69 Å². The molecule has 3 aromatic rings. The molecule has 0 radical (unpaired) electrons. The molecule has 0 amide bonds. The predicted molar refractivity (Wildman–Crippen MR) is 93.7 cm³/mol. The van der Waals surface area contributed by atoms with Crippen LogP contribution in [0.2, 0.25) is 5.02 Å². The van der Waals surface area contributed by atoms with Crippen LogP contribution in [0.4, 0.5) is 16.0 Å². The molecular weight excluding hydrogens is 340 g/mol. The molecule has 0 fully saturated rings. The lowest BCUT2D eigenvalue weighted by Gasteiger charge is -2.10. The lowest BCUT2D eigenvalue weighted by molar-refractivity contribution is 0.417. The number of nitrogens with zero attached hydrogens (tertiary/aromatic N) is 2. The van der Waals surface area contributed by atoms with E-state index < -0.39 is 0 Å². The number of benzene rings is 1.